The van der Waals surface area contributed by atoms with Gasteiger partial charge in [-0.05, 0) is 67.5 Å². The minimum atomic E-state index is -0.432. The summed E-state index contributed by atoms with van der Waals surface area (Å²) in [7, 11) is 0. The Morgan fingerprint density at radius 2 is 1.97 bits per heavy atom. The molecule has 0 fully saturated rings. The normalized spacial score (nSPS) is 15.2. The first-order chi connectivity index (χ1) is 17.4. The molecule has 1 aromatic heterocycles. The molecule has 0 saturated heterocycles. The van der Waals surface area contributed by atoms with Crippen LogP contribution in [-0.2, 0) is 29.0 Å². The van der Waals surface area contributed by atoms with E-state index in [1.54, 1.807) is 13.0 Å². The number of hydrogen-bond donors (Lipinski definition) is 2. The van der Waals surface area contributed by atoms with Crippen LogP contribution in [0.2, 0.25) is 0 Å². The van der Waals surface area contributed by atoms with Gasteiger partial charge < -0.3 is 10.3 Å². The fourth-order valence-corrected chi connectivity index (χ4v) is 5.23. The van der Waals surface area contributed by atoms with Gasteiger partial charge in [-0.15, -0.1) is 0 Å². The first kappa shape index (κ1) is 25.7. The van der Waals surface area contributed by atoms with Crippen molar-refractivity contribution < 1.29 is 14.8 Å². The number of likely N-dealkylation sites (N-methyl/N-ethyl adjacent to an activating group) is 1. The minimum absolute atomic E-state index is 0.228. The molecule has 36 heavy (non-hydrogen) atoms. The quantitative estimate of drug-likeness (QED) is 0.239. The zero-order chi connectivity index (χ0) is 25.7. The van der Waals surface area contributed by atoms with Crippen LogP contribution in [0.4, 0.5) is 0 Å². The number of rotatable bonds is 11. The van der Waals surface area contributed by atoms with Crippen molar-refractivity contribution in [1.82, 2.24) is 14.5 Å². The highest BCUT2D eigenvalue weighted by molar-refractivity contribution is 5.91. The molecule has 2 aromatic carbocycles. The highest BCUT2D eigenvalue weighted by Crippen LogP contribution is 2.37. The van der Waals surface area contributed by atoms with Gasteiger partial charge in [0.15, 0.2) is 0 Å². The molecule has 4 rings (SSSR count). The van der Waals surface area contributed by atoms with E-state index in [1.165, 1.54) is 33.7 Å². The third kappa shape index (κ3) is 5.69. The predicted octanol–water partition coefficient (Wildman–Crippen LogP) is 4.32. The Morgan fingerprint density at radius 1 is 1.17 bits per heavy atom. The zero-order valence-electron chi connectivity index (χ0n) is 21.2. The molecule has 1 unspecified atom stereocenters. The van der Waals surface area contributed by atoms with Gasteiger partial charge in [-0.1, -0.05) is 36.4 Å². The first-order valence-electron chi connectivity index (χ1n) is 12.8. The number of carbonyl (C=O) groups is 2. The molecule has 3 N–H and O–H groups in total. The molecule has 1 aliphatic carbocycles. The second-order valence-electron chi connectivity index (χ2n) is 9.36. The van der Waals surface area contributed by atoms with Crippen LogP contribution in [0.5, 0.6) is 0 Å². The Bertz CT molecular complexity index is 1260. The molecule has 190 valence electrons. The SMILES string of the molecule is CCN(O)C(=O)C=Cc1ccc2c(c1)CCC2N(CCC(N)=O)CCc1cn(CC)c2ccccc12. The maximum Gasteiger partial charge on any atom is 0.269 e. The number of hydroxylamine groups is 2. The lowest BCUT2D eigenvalue weighted by molar-refractivity contribution is -0.158. The summed E-state index contributed by atoms with van der Waals surface area (Å²) in [6.45, 7) is 6.52. The summed E-state index contributed by atoms with van der Waals surface area (Å²) >= 11 is 0. The number of nitrogens with zero attached hydrogens (tertiary/aromatic N) is 3. The lowest BCUT2D eigenvalue weighted by Gasteiger charge is -2.29. The standard InChI is InChI=1S/C29H36N4O3/c1-3-31-20-23(24-7-5-6-8-26(24)31)15-17-32(18-16-28(30)34)27-13-11-22-19-21(9-12-25(22)27)10-14-29(35)33(36)4-2/h5-10,12,14,19-20,27,36H,3-4,11,13,15-18H2,1-2H3,(H2,30,34). The van der Waals surface area contributed by atoms with Crippen LogP contribution in [0.25, 0.3) is 17.0 Å². The number of benzene rings is 2. The van der Waals surface area contributed by atoms with E-state index in [2.05, 4.69) is 59.0 Å². The second kappa shape index (κ2) is 11.5. The van der Waals surface area contributed by atoms with Gasteiger partial charge in [0.05, 0.1) is 0 Å². The summed E-state index contributed by atoms with van der Waals surface area (Å²) in [5, 5.41) is 11.5. The highest BCUT2D eigenvalue weighted by atomic mass is 16.5. The van der Waals surface area contributed by atoms with Crippen molar-refractivity contribution in [2.24, 2.45) is 5.73 Å². The molecule has 0 spiro atoms. The lowest BCUT2D eigenvalue weighted by Crippen LogP contribution is -2.33. The number of carbonyl (C=O) groups excluding carboxylic acids is 2. The summed E-state index contributed by atoms with van der Waals surface area (Å²) in [6.07, 6.45) is 8.55. The van der Waals surface area contributed by atoms with Crippen molar-refractivity contribution in [3.63, 3.8) is 0 Å². The molecule has 1 heterocycles. The average molecular weight is 489 g/mol. The topological polar surface area (TPSA) is 91.8 Å². The van der Waals surface area contributed by atoms with E-state index in [0.29, 0.717) is 18.0 Å². The van der Waals surface area contributed by atoms with E-state index in [-0.39, 0.29) is 18.5 Å². The van der Waals surface area contributed by atoms with Crippen LogP contribution >= 0.6 is 0 Å². The van der Waals surface area contributed by atoms with E-state index in [0.717, 1.165) is 37.9 Å². The lowest BCUT2D eigenvalue weighted by atomic mass is 10.0. The highest BCUT2D eigenvalue weighted by Gasteiger charge is 2.28. The van der Waals surface area contributed by atoms with E-state index < -0.39 is 5.91 Å². The number of para-hydroxylation sites is 1. The summed E-state index contributed by atoms with van der Waals surface area (Å²) in [4.78, 5) is 25.9. The molecule has 1 atom stereocenters. The van der Waals surface area contributed by atoms with E-state index in [9.17, 15) is 14.8 Å². The van der Waals surface area contributed by atoms with Crippen molar-refractivity contribution in [2.75, 3.05) is 19.6 Å². The third-order valence-electron chi connectivity index (χ3n) is 7.15. The monoisotopic (exact) mass is 488 g/mol. The molecule has 0 saturated carbocycles. The Balaban J connectivity index is 1.52. The Kier molecular flexibility index (Phi) is 8.23. The number of fused-ring (bicyclic) bond motifs is 2. The molecular formula is C29H36N4O3. The van der Waals surface area contributed by atoms with Gasteiger partial charge in [-0.3, -0.25) is 19.7 Å². The van der Waals surface area contributed by atoms with Gasteiger partial charge >= 0.3 is 0 Å². The fraction of sp³-hybridized carbons (Fsp3) is 0.379. The summed E-state index contributed by atoms with van der Waals surface area (Å²) in [5.41, 5.74) is 11.6. The number of nitrogens with two attached hydrogens (primary N) is 1. The Morgan fingerprint density at radius 3 is 2.72 bits per heavy atom. The maximum absolute atomic E-state index is 11.9. The van der Waals surface area contributed by atoms with E-state index in [4.69, 9.17) is 5.73 Å². The minimum Gasteiger partial charge on any atom is -0.370 e. The number of amides is 2. The summed E-state index contributed by atoms with van der Waals surface area (Å²) < 4.78 is 2.29. The van der Waals surface area contributed by atoms with Gasteiger partial charge in [0.2, 0.25) is 5.91 Å². The van der Waals surface area contributed by atoms with Gasteiger partial charge in [0.1, 0.15) is 0 Å². The Labute approximate surface area is 212 Å². The van der Waals surface area contributed by atoms with Gasteiger partial charge in [0, 0.05) is 61.8 Å². The largest absolute Gasteiger partial charge is 0.370 e. The molecule has 7 nitrogen and oxygen atoms in total. The number of primary amides is 1. The smallest absolute Gasteiger partial charge is 0.269 e. The number of aromatic nitrogens is 1. The van der Waals surface area contributed by atoms with Crippen LogP contribution < -0.4 is 5.73 Å². The van der Waals surface area contributed by atoms with Crippen molar-refractivity contribution in [1.29, 1.82) is 0 Å². The molecule has 0 radical (unpaired) electrons. The maximum atomic E-state index is 11.9. The Hall–Kier alpha value is -3.42. The van der Waals surface area contributed by atoms with Crippen molar-refractivity contribution in [2.45, 2.75) is 52.1 Å². The van der Waals surface area contributed by atoms with Gasteiger partial charge in [-0.2, -0.15) is 0 Å². The fourth-order valence-electron chi connectivity index (χ4n) is 5.23. The van der Waals surface area contributed by atoms with Crippen molar-refractivity contribution >= 4 is 28.8 Å². The van der Waals surface area contributed by atoms with Crippen molar-refractivity contribution in [3.8, 4) is 0 Å². The number of hydrogen-bond acceptors (Lipinski definition) is 4. The molecule has 2 amide bonds. The molecule has 3 aromatic rings. The second-order valence-corrected chi connectivity index (χ2v) is 9.36. The van der Waals surface area contributed by atoms with Crippen LogP contribution in [-0.4, -0.2) is 51.2 Å². The van der Waals surface area contributed by atoms with Crippen LogP contribution in [0.3, 0.4) is 0 Å². The molecule has 7 heteroatoms. The molecular weight excluding hydrogens is 452 g/mol. The summed E-state index contributed by atoms with van der Waals surface area (Å²) in [6, 6.07) is 15.0. The van der Waals surface area contributed by atoms with Gasteiger partial charge in [-0.25, -0.2) is 5.06 Å². The van der Waals surface area contributed by atoms with E-state index in [1.807, 2.05) is 6.07 Å². The first-order valence-corrected chi connectivity index (χ1v) is 12.8. The van der Waals surface area contributed by atoms with Crippen LogP contribution in [0.15, 0.2) is 54.7 Å². The molecule has 0 aliphatic heterocycles. The van der Waals surface area contributed by atoms with Crippen molar-refractivity contribution in [3.05, 3.63) is 77.0 Å². The predicted molar refractivity (Wildman–Crippen MR) is 142 cm³/mol. The molecule has 0 bridgehead atoms. The summed E-state index contributed by atoms with van der Waals surface area (Å²) in [5.74, 6) is -0.714. The molecule has 1 aliphatic rings. The average Bonchev–Trinajstić information content (AvgIpc) is 3.47. The third-order valence-corrected chi connectivity index (χ3v) is 7.15. The van der Waals surface area contributed by atoms with E-state index >= 15 is 0 Å². The number of aryl methyl sites for hydroxylation is 2. The van der Waals surface area contributed by atoms with Crippen LogP contribution in [0.1, 0.15) is 55.0 Å². The van der Waals surface area contributed by atoms with Gasteiger partial charge in [0.25, 0.3) is 5.91 Å². The zero-order valence-corrected chi connectivity index (χ0v) is 21.2. The van der Waals surface area contributed by atoms with Crippen LogP contribution in [0, 0.1) is 0 Å².